The van der Waals surface area contributed by atoms with Crippen molar-refractivity contribution >= 4 is 5.69 Å². The van der Waals surface area contributed by atoms with E-state index >= 15 is 0 Å². The summed E-state index contributed by atoms with van der Waals surface area (Å²) in [5.41, 5.74) is 3.89. The summed E-state index contributed by atoms with van der Waals surface area (Å²) in [4.78, 5) is 2.14. The van der Waals surface area contributed by atoms with E-state index in [1.54, 1.807) is 0 Å². The first-order chi connectivity index (χ1) is 9.22. The molecule has 0 aromatic heterocycles. The molecule has 0 radical (unpaired) electrons. The van der Waals surface area contributed by atoms with Crippen LogP contribution in [0.1, 0.15) is 31.4 Å². The van der Waals surface area contributed by atoms with Gasteiger partial charge >= 0.3 is 0 Å². The molecular weight excluding hydrogens is 236 g/mol. The molecule has 1 heterocycles. The van der Waals surface area contributed by atoms with Crippen LogP contribution in [0.15, 0.2) is 36.1 Å². The molecule has 1 aliphatic heterocycles. The minimum atomic E-state index is 0.269. The van der Waals surface area contributed by atoms with Gasteiger partial charge in [0.2, 0.25) is 0 Å². The second-order valence-electron chi connectivity index (χ2n) is 5.15. The van der Waals surface area contributed by atoms with Crippen molar-refractivity contribution in [2.45, 2.75) is 25.8 Å². The molecule has 2 rings (SSSR count). The van der Waals surface area contributed by atoms with E-state index in [1.807, 2.05) is 6.26 Å². The van der Waals surface area contributed by atoms with E-state index in [2.05, 4.69) is 55.5 Å². The van der Waals surface area contributed by atoms with Gasteiger partial charge in [0.25, 0.3) is 0 Å². The fraction of sp³-hybridized carbons (Fsp3) is 0.500. The van der Waals surface area contributed by atoms with Crippen molar-refractivity contribution in [1.82, 2.24) is 5.32 Å². The number of hydrogen-bond acceptors (Lipinski definition) is 3. The zero-order valence-electron chi connectivity index (χ0n) is 12.1. The number of hydrogen-bond donors (Lipinski definition) is 1. The molecule has 1 aromatic carbocycles. The summed E-state index contributed by atoms with van der Waals surface area (Å²) in [6.45, 7) is 3.95. The third-order valence-electron chi connectivity index (χ3n) is 3.46. The summed E-state index contributed by atoms with van der Waals surface area (Å²) in [5.74, 6) is 0. The first kappa shape index (κ1) is 13.9. The Kier molecular flexibility index (Phi) is 4.86. The van der Waals surface area contributed by atoms with Crippen LogP contribution < -0.4 is 10.2 Å². The Labute approximate surface area is 116 Å². The molecule has 0 aliphatic carbocycles. The summed E-state index contributed by atoms with van der Waals surface area (Å²) >= 11 is 0. The Morgan fingerprint density at radius 1 is 1.37 bits per heavy atom. The highest BCUT2D eigenvalue weighted by Gasteiger charge is 2.18. The van der Waals surface area contributed by atoms with Crippen LogP contribution in [-0.4, -0.2) is 27.2 Å². The number of rotatable bonds is 5. The highest BCUT2D eigenvalue weighted by atomic mass is 16.5. The molecule has 0 spiro atoms. The van der Waals surface area contributed by atoms with Crippen molar-refractivity contribution in [2.75, 3.05) is 32.1 Å². The Balaban J connectivity index is 2.27. The number of nitrogens with zero attached hydrogens (tertiary/aromatic N) is 1. The van der Waals surface area contributed by atoms with Crippen molar-refractivity contribution in [2.24, 2.45) is 0 Å². The number of nitrogens with one attached hydrogen (secondary N) is 1. The van der Waals surface area contributed by atoms with Crippen LogP contribution in [-0.2, 0) is 4.74 Å². The van der Waals surface area contributed by atoms with Crippen molar-refractivity contribution < 1.29 is 4.74 Å². The first-order valence-corrected chi connectivity index (χ1v) is 7.03. The largest absolute Gasteiger partial charge is 0.501 e. The monoisotopic (exact) mass is 260 g/mol. The lowest BCUT2D eigenvalue weighted by Gasteiger charge is -2.25. The molecule has 0 saturated heterocycles. The van der Waals surface area contributed by atoms with Gasteiger partial charge in [0, 0.05) is 19.8 Å². The molecule has 1 unspecified atom stereocenters. The molecule has 3 nitrogen and oxygen atoms in total. The number of anilines is 1. The Morgan fingerprint density at radius 3 is 2.84 bits per heavy atom. The maximum atomic E-state index is 5.50. The SMILES string of the molecule is CCNC(C1=COCCC1)c1cccc(N(C)C)c1. The Hall–Kier alpha value is -1.48. The lowest BCUT2D eigenvalue weighted by molar-refractivity contribution is 0.219. The van der Waals surface area contributed by atoms with E-state index < -0.39 is 0 Å². The standard InChI is InChI=1S/C16H24N2O/c1-4-17-16(14-8-6-10-19-12-14)13-7-5-9-15(11-13)18(2)3/h5,7,9,11-12,16-17H,4,6,8,10H2,1-3H3. The van der Waals surface area contributed by atoms with E-state index in [0.29, 0.717) is 0 Å². The van der Waals surface area contributed by atoms with Gasteiger partial charge in [0.1, 0.15) is 0 Å². The molecule has 0 fully saturated rings. The van der Waals surface area contributed by atoms with Gasteiger partial charge in [-0.05, 0) is 42.7 Å². The lowest BCUT2D eigenvalue weighted by Crippen LogP contribution is -2.24. The van der Waals surface area contributed by atoms with Crippen LogP contribution in [0.4, 0.5) is 5.69 Å². The molecule has 1 N–H and O–H groups in total. The molecule has 3 heteroatoms. The Bertz CT molecular complexity index is 440. The maximum absolute atomic E-state index is 5.50. The quantitative estimate of drug-likeness (QED) is 0.880. The van der Waals surface area contributed by atoms with E-state index in [4.69, 9.17) is 4.74 Å². The normalized spacial score (nSPS) is 16.5. The van der Waals surface area contributed by atoms with Crippen LogP contribution in [0, 0.1) is 0 Å². The summed E-state index contributed by atoms with van der Waals surface area (Å²) < 4.78 is 5.50. The van der Waals surface area contributed by atoms with Gasteiger partial charge in [-0.2, -0.15) is 0 Å². The van der Waals surface area contributed by atoms with Crippen molar-refractivity contribution in [3.63, 3.8) is 0 Å². The third-order valence-corrected chi connectivity index (χ3v) is 3.46. The van der Waals surface area contributed by atoms with Crippen LogP contribution in [0.3, 0.4) is 0 Å². The predicted octanol–water partition coefficient (Wildman–Crippen LogP) is 3.10. The summed E-state index contributed by atoms with van der Waals surface area (Å²) in [6, 6.07) is 8.97. The van der Waals surface area contributed by atoms with Gasteiger partial charge in [-0.1, -0.05) is 19.1 Å². The van der Waals surface area contributed by atoms with Gasteiger partial charge in [0.15, 0.2) is 0 Å². The molecule has 0 saturated carbocycles. The number of ether oxygens (including phenoxy) is 1. The summed E-state index contributed by atoms with van der Waals surface area (Å²) in [7, 11) is 4.15. The molecule has 19 heavy (non-hydrogen) atoms. The Morgan fingerprint density at radius 2 is 2.21 bits per heavy atom. The van der Waals surface area contributed by atoms with Gasteiger partial charge in [-0.3, -0.25) is 0 Å². The highest BCUT2D eigenvalue weighted by Crippen LogP contribution is 2.29. The minimum absolute atomic E-state index is 0.269. The van der Waals surface area contributed by atoms with E-state index in [0.717, 1.165) is 26.0 Å². The molecule has 0 bridgehead atoms. The number of likely N-dealkylation sites (N-methyl/N-ethyl adjacent to an activating group) is 1. The van der Waals surface area contributed by atoms with Crippen LogP contribution >= 0.6 is 0 Å². The van der Waals surface area contributed by atoms with E-state index in [1.165, 1.54) is 16.8 Å². The smallest absolute Gasteiger partial charge is 0.0876 e. The average Bonchev–Trinajstić information content (AvgIpc) is 2.46. The third kappa shape index (κ3) is 3.51. The van der Waals surface area contributed by atoms with E-state index in [-0.39, 0.29) is 6.04 Å². The zero-order chi connectivity index (χ0) is 13.7. The molecule has 104 valence electrons. The molecule has 1 aromatic rings. The molecular formula is C16H24N2O. The van der Waals surface area contributed by atoms with Gasteiger partial charge in [0.05, 0.1) is 18.9 Å². The fourth-order valence-electron chi connectivity index (χ4n) is 2.45. The fourth-order valence-corrected chi connectivity index (χ4v) is 2.45. The van der Waals surface area contributed by atoms with Gasteiger partial charge in [-0.15, -0.1) is 0 Å². The van der Waals surface area contributed by atoms with Crippen molar-refractivity contribution in [3.05, 3.63) is 41.7 Å². The zero-order valence-corrected chi connectivity index (χ0v) is 12.1. The van der Waals surface area contributed by atoms with Crippen molar-refractivity contribution in [3.8, 4) is 0 Å². The molecule has 1 atom stereocenters. The molecule has 0 amide bonds. The van der Waals surface area contributed by atoms with E-state index in [9.17, 15) is 0 Å². The topological polar surface area (TPSA) is 24.5 Å². The lowest BCUT2D eigenvalue weighted by atomic mass is 9.95. The van der Waals surface area contributed by atoms with Crippen LogP contribution in [0.25, 0.3) is 0 Å². The second kappa shape index (κ2) is 6.62. The van der Waals surface area contributed by atoms with Gasteiger partial charge in [-0.25, -0.2) is 0 Å². The van der Waals surface area contributed by atoms with Crippen molar-refractivity contribution in [1.29, 1.82) is 0 Å². The minimum Gasteiger partial charge on any atom is -0.501 e. The maximum Gasteiger partial charge on any atom is 0.0876 e. The summed E-state index contributed by atoms with van der Waals surface area (Å²) in [6.07, 6.45) is 4.17. The average molecular weight is 260 g/mol. The molecule has 1 aliphatic rings. The first-order valence-electron chi connectivity index (χ1n) is 7.03. The highest BCUT2D eigenvalue weighted by molar-refractivity contribution is 5.49. The van der Waals surface area contributed by atoms with Crippen LogP contribution in [0.5, 0.6) is 0 Å². The number of benzene rings is 1. The van der Waals surface area contributed by atoms with Gasteiger partial charge < -0.3 is 15.0 Å². The second-order valence-corrected chi connectivity index (χ2v) is 5.15. The predicted molar refractivity (Wildman–Crippen MR) is 80.5 cm³/mol. The van der Waals surface area contributed by atoms with Crippen LogP contribution in [0.2, 0.25) is 0 Å². The summed E-state index contributed by atoms with van der Waals surface area (Å²) in [5, 5.41) is 3.57.